The van der Waals surface area contributed by atoms with Gasteiger partial charge in [-0.05, 0) is 25.2 Å². The highest BCUT2D eigenvalue weighted by Gasteiger charge is 2.20. The average Bonchev–Trinajstić information content (AvgIpc) is 2.76. The molecule has 0 aromatic carbocycles. The third-order valence-corrected chi connectivity index (χ3v) is 3.43. The van der Waals surface area contributed by atoms with Crippen molar-refractivity contribution in [3.63, 3.8) is 0 Å². The van der Waals surface area contributed by atoms with Crippen LogP contribution < -0.4 is 0 Å². The summed E-state index contributed by atoms with van der Waals surface area (Å²) < 4.78 is 5.68. The fourth-order valence-electron chi connectivity index (χ4n) is 1.60. The normalized spacial score (nSPS) is 20.6. The summed E-state index contributed by atoms with van der Waals surface area (Å²) in [5.74, 6) is 1.90. The topological polar surface area (TPSA) is 26.0 Å². The van der Waals surface area contributed by atoms with E-state index in [-0.39, 0.29) is 0 Å². The maximum Gasteiger partial charge on any atom is 0.208 e. The molecule has 2 heterocycles. The van der Waals surface area contributed by atoms with Crippen molar-refractivity contribution in [1.82, 2.24) is 4.98 Å². The summed E-state index contributed by atoms with van der Waals surface area (Å²) in [5.41, 5.74) is 1.13. The molecule has 2 nitrogen and oxygen atoms in total. The van der Waals surface area contributed by atoms with Gasteiger partial charge >= 0.3 is 0 Å². The van der Waals surface area contributed by atoms with Gasteiger partial charge in [-0.25, -0.2) is 4.98 Å². The maximum atomic E-state index is 5.68. The number of hydrogen-bond donors (Lipinski definition) is 0. The lowest BCUT2D eigenvalue weighted by molar-refractivity contribution is 0.468. The molecule has 1 atom stereocenters. The Kier molecular flexibility index (Phi) is 2.96. The van der Waals surface area contributed by atoms with E-state index in [0.717, 1.165) is 36.6 Å². The Balaban J connectivity index is 2.15. The van der Waals surface area contributed by atoms with Crippen LogP contribution in [-0.2, 0) is 6.42 Å². The van der Waals surface area contributed by atoms with E-state index >= 15 is 0 Å². The zero-order valence-corrected chi connectivity index (χ0v) is 9.43. The monoisotopic (exact) mass is 209 g/mol. The molecule has 0 aliphatic carbocycles. The van der Waals surface area contributed by atoms with Crippen LogP contribution in [0.15, 0.2) is 15.9 Å². The first-order valence-corrected chi connectivity index (χ1v) is 6.02. The minimum absolute atomic E-state index is 0.416. The summed E-state index contributed by atoms with van der Waals surface area (Å²) in [6.45, 7) is 4.17. The first-order valence-electron chi connectivity index (χ1n) is 5.08. The van der Waals surface area contributed by atoms with Gasteiger partial charge in [0.1, 0.15) is 5.76 Å². The van der Waals surface area contributed by atoms with Crippen molar-refractivity contribution in [2.75, 3.05) is 0 Å². The largest absolute Gasteiger partial charge is 0.444 e. The fourth-order valence-corrected chi connectivity index (χ4v) is 2.45. The van der Waals surface area contributed by atoms with Gasteiger partial charge in [-0.15, -0.1) is 11.8 Å². The molecule has 76 valence electrons. The van der Waals surface area contributed by atoms with Crippen molar-refractivity contribution >= 4 is 11.8 Å². The predicted molar refractivity (Wildman–Crippen MR) is 59.3 cm³/mol. The van der Waals surface area contributed by atoms with E-state index in [1.807, 2.05) is 6.92 Å². The van der Waals surface area contributed by atoms with E-state index in [9.17, 15) is 0 Å². The smallest absolute Gasteiger partial charge is 0.208 e. The minimum Gasteiger partial charge on any atom is -0.444 e. The average molecular weight is 209 g/mol. The molecule has 0 amide bonds. The second kappa shape index (κ2) is 4.22. The fraction of sp³-hybridized carbons (Fsp3) is 0.545. The Morgan fingerprint density at radius 2 is 2.50 bits per heavy atom. The SMILES string of the molecule is CCCc1nc(C2CC=CS2)oc1C. The summed E-state index contributed by atoms with van der Waals surface area (Å²) in [4.78, 5) is 4.55. The van der Waals surface area contributed by atoms with Gasteiger partial charge in [-0.2, -0.15) is 0 Å². The molecular weight excluding hydrogens is 194 g/mol. The molecule has 0 bridgehead atoms. The second-order valence-electron chi connectivity index (χ2n) is 3.54. The number of oxazole rings is 1. The highest BCUT2D eigenvalue weighted by Crippen LogP contribution is 2.38. The molecule has 0 fully saturated rings. The van der Waals surface area contributed by atoms with Crippen LogP contribution in [0, 0.1) is 6.92 Å². The van der Waals surface area contributed by atoms with Gasteiger partial charge in [0, 0.05) is 0 Å². The van der Waals surface area contributed by atoms with Crippen LogP contribution in [0.3, 0.4) is 0 Å². The van der Waals surface area contributed by atoms with Crippen LogP contribution in [0.1, 0.15) is 42.4 Å². The highest BCUT2D eigenvalue weighted by molar-refractivity contribution is 8.02. The van der Waals surface area contributed by atoms with Crippen molar-refractivity contribution in [2.45, 2.75) is 38.4 Å². The van der Waals surface area contributed by atoms with E-state index in [2.05, 4.69) is 23.4 Å². The predicted octanol–water partition coefficient (Wildman–Crippen LogP) is 3.63. The first-order chi connectivity index (χ1) is 6.81. The number of aromatic nitrogens is 1. The molecule has 14 heavy (non-hydrogen) atoms. The Morgan fingerprint density at radius 3 is 3.14 bits per heavy atom. The zero-order valence-electron chi connectivity index (χ0n) is 8.62. The van der Waals surface area contributed by atoms with Crippen molar-refractivity contribution in [3.05, 3.63) is 28.8 Å². The quantitative estimate of drug-likeness (QED) is 0.760. The van der Waals surface area contributed by atoms with E-state index in [1.165, 1.54) is 0 Å². The van der Waals surface area contributed by atoms with Crippen LogP contribution >= 0.6 is 11.8 Å². The third-order valence-electron chi connectivity index (χ3n) is 2.36. The molecule has 3 heteroatoms. The van der Waals surface area contributed by atoms with Crippen LogP contribution in [0.25, 0.3) is 0 Å². The molecule has 1 aliphatic rings. The standard InChI is InChI=1S/C11H15NOS/c1-3-5-9-8(2)13-11(12-9)10-6-4-7-14-10/h4,7,10H,3,5-6H2,1-2H3. The number of rotatable bonds is 3. The van der Waals surface area contributed by atoms with Gasteiger partial charge in [-0.1, -0.05) is 19.4 Å². The molecule has 0 saturated heterocycles. The summed E-state index contributed by atoms with van der Waals surface area (Å²) in [5, 5.41) is 2.54. The van der Waals surface area contributed by atoms with Crippen molar-refractivity contribution in [1.29, 1.82) is 0 Å². The number of allylic oxidation sites excluding steroid dienone is 1. The molecule has 1 aromatic heterocycles. The van der Waals surface area contributed by atoms with Crippen molar-refractivity contribution < 1.29 is 4.42 Å². The van der Waals surface area contributed by atoms with E-state index in [4.69, 9.17) is 4.42 Å². The lowest BCUT2D eigenvalue weighted by atomic mass is 10.2. The van der Waals surface area contributed by atoms with E-state index in [1.54, 1.807) is 11.8 Å². The van der Waals surface area contributed by atoms with Gasteiger partial charge in [-0.3, -0.25) is 0 Å². The van der Waals surface area contributed by atoms with Gasteiger partial charge in [0.2, 0.25) is 5.89 Å². The molecule has 0 spiro atoms. The van der Waals surface area contributed by atoms with Gasteiger partial charge in [0.25, 0.3) is 0 Å². The Morgan fingerprint density at radius 1 is 1.64 bits per heavy atom. The molecule has 1 aliphatic heterocycles. The van der Waals surface area contributed by atoms with Crippen LogP contribution in [0.5, 0.6) is 0 Å². The molecule has 0 N–H and O–H groups in total. The summed E-state index contributed by atoms with van der Waals surface area (Å²) >= 11 is 1.80. The molecule has 0 saturated carbocycles. The zero-order chi connectivity index (χ0) is 9.97. The van der Waals surface area contributed by atoms with Crippen molar-refractivity contribution in [2.24, 2.45) is 0 Å². The number of thioether (sulfide) groups is 1. The van der Waals surface area contributed by atoms with Crippen LogP contribution in [0.2, 0.25) is 0 Å². The molecule has 1 aromatic rings. The van der Waals surface area contributed by atoms with Gasteiger partial charge < -0.3 is 4.42 Å². The summed E-state index contributed by atoms with van der Waals surface area (Å²) in [7, 11) is 0. The Hall–Kier alpha value is -0.700. The second-order valence-corrected chi connectivity index (χ2v) is 4.65. The molecular formula is C11H15NOS. The Bertz CT molecular complexity index is 335. The number of nitrogens with zero attached hydrogens (tertiary/aromatic N) is 1. The molecule has 0 radical (unpaired) electrons. The lowest BCUT2D eigenvalue weighted by Crippen LogP contribution is -1.90. The first kappa shape index (κ1) is 9.84. The maximum absolute atomic E-state index is 5.68. The summed E-state index contributed by atoms with van der Waals surface area (Å²) in [6, 6.07) is 0. The molecule has 2 rings (SSSR count). The summed E-state index contributed by atoms with van der Waals surface area (Å²) in [6.07, 6.45) is 5.38. The number of aryl methyl sites for hydroxylation is 2. The van der Waals surface area contributed by atoms with Crippen LogP contribution in [-0.4, -0.2) is 4.98 Å². The number of hydrogen-bond acceptors (Lipinski definition) is 3. The van der Waals surface area contributed by atoms with Crippen LogP contribution in [0.4, 0.5) is 0 Å². The van der Waals surface area contributed by atoms with Gasteiger partial charge in [0.05, 0.1) is 10.9 Å². The van der Waals surface area contributed by atoms with E-state index < -0.39 is 0 Å². The third kappa shape index (κ3) is 1.87. The van der Waals surface area contributed by atoms with Gasteiger partial charge in [0.15, 0.2) is 0 Å². The Labute approximate surface area is 88.8 Å². The highest BCUT2D eigenvalue weighted by atomic mass is 32.2. The molecule has 1 unspecified atom stereocenters. The van der Waals surface area contributed by atoms with Crippen molar-refractivity contribution in [3.8, 4) is 0 Å². The van der Waals surface area contributed by atoms with E-state index in [0.29, 0.717) is 5.25 Å². The minimum atomic E-state index is 0.416. The lowest BCUT2D eigenvalue weighted by Gasteiger charge is -2.00.